The molecule has 2 heterocycles. The van der Waals surface area contributed by atoms with E-state index in [0.717, 1.165) is 0 Å². The van der Waals surface area contributed by atoms with Gasteiger partial charge in [0.25, 0.3) is 0 Å². The minimum atomic E-state index is -0.297. The lowest BCUT2D eigenvalue weighted by atomic mass is 9.89. The van der Waals surface area contributed by atoms with Crippen LogP contribution in [0.1, 0.15) is 5.69 Å². The summed E-state index contributed by atoms with van der Waals surface area (Å²) in [5.41, 5.74) is 13.8. The Bertz CT molecular complexity index is 900. The second-order valence-corrected chi connectivity index (χ2v) is 6.33. The molecule has 2 aliphatic rings. The summed E-state index contributed by atoms with van der Waals surface area (Å²) in [6, 6.07) is 3.24. The Hall–Kier alpha value is -3.26. The SMILES string of the molecule is NC=C(C=NCCO)c1ccc(N)c(NCC2=CC3C=CC=NC3C=C2F)n1. The van der Waals surface area contributed by atoms with Crippen molar-refractivity contribution < 1.29 is 9.50 Å². The standard InChI is InChI=1S/C20H23FN6O/c21-16-9-19-13(2-1-5-25-19)8-14(16)12-26-20-17(23)3-4-18(27-20)15(10-22)11-24-6-7-28/h1-5,8-11,13,19,28H,6-7,12,22-23H2,(H,26,27). The molecule has 0 fully saturated rings. The summed E-state index contributed by atoms with van der Waals surface area (Å²) in [7, 11) is 0. The van der Waals surface area contributed by atoms with Gasteiger partial charge >= 0.3 is 0 Å². The first-order valence-corrected chi connectivity index (χ1v) is 8.94. The Labute approximate surface area is 162 Å². The fourth-order valence-electron chi connectivity index (χ4n) is 2.93. The maximum absolute atomic E-state index is 14.4. The van der Waals surface area contributed by atoms with E-state index in [9.17, 15) is 4.39 Å². The van der Waals surface area contributed by atoms with E-state index in [-0.39, 0.29) is 37.5 Å². The maximum atomic E-state index is 14.4. The molecule has 2 atom stereocenters. The van der Waals surface area contributed by atoms with Gasteiger partial charge in [-0.3, -0.25) is 9.98 Å². The molecule has 8 heteroatoms. The van der Waals surface area contributed by atoms with E-state index in [1.54, 1.807) is 24.6 Å². The summed E-state index contributed by atoms with van der Waals surface area (Å²) in [6.07, 6.45) is 11.9. The number of aliphatic imine (C=N–C) groups is 2. The number of dihydropyridines is 1. The first-order valence-electron chi connectivity index (χ1n) is 8.94. The average molecular weight is 382 g/mol. The number of anilines is 2. The van der Waals surface area contributed by atoms with Crippen LogP contribution in [-0.4, -0.2) is 48.3 Å². The highest BCUT2D eigenvalue weighted by Crippen LogP contribution is 2.29. The molecule has 28 heavy (non-hydrogen) atoms. The number of aromatic nitrogens is 1. The molecule has 0 spiro atoms. The van der Waals surface area contributed by atoms with Gasteiger partial charge in [0, 0.05) is 42.2 Å². The van der Waals surface area contributed by atoms with Crippen LogP contribution in [0.4, 0.5) is 15.9 Å². The molecule has 0 amide bonds. The van der Waals surface area contributed by atoms with E-state index in [1.807, 2.05) is 18.2 Å². The van der Waals surface area contributed by atoms with Crippen LogP contribution in [0, 0.1) is 5.92 Å². The number of hydrogen-bond donors (Lipinski definition) is 4. The van der Waals surface area contributed by atoms with Gasteiger partial charge in [-0.05, 0) is 24.3 Å². The van der Waals surface area contributed by atoms with Crippen LogP contribution in [0.15, 0.2) is 64.0 Å². The molecule has 3 rings (SSSR count). The molecule has 1 aromatic rings. The Morgan fingerprint density at radius 3 is 3.00 bits per heavy atom. The van der Waals surface area contributed by atoms with Gasteiger partial charge in [-0.25, -0.2) is 9.37 Å². The lowest BCUT2D eigenvalue weighted by Crippen LogP contribution is -2.22. The topological polar surface area (TPSA) is 122 Å². The van der Waals surface area contributed by atoms with Crippen molar-refractivity contribution in [3.63, 3.8) is 0 Å². The molecule has 0 saturated carbocycles. The monoisotopic (exact) mass is 382 g/mol. The average Bonchev–Trinajstić information content (AvgIpc) is 2.71. The van der Waals surface area contributed by atoms with E-state index in [0.29, 0.717) is 28.3 Å². The fraction of sp³-hybridized carbons (Fsp3) is 0.250. The van der Waals surface area contributed by atoms with Crippen molar-refractivity contribution in [2.75, 3.05) is 30.7 Å². The number of nitrogens with two attached hydrogens (primary N) is 2. The quantitative estimate of drug-likeness (QED) is 0.536. The minimum absolute atomic E-state index is 0.0486. The molecule has 0 saturated heterocycles. The predicted octanol–water partition coefficient (Wildman–Crippen LogP) is 1.86. The van der Waals surface area contributed by atoms with Gasteiger partial charge < -0.3 is 21.9 Å². The number of pyridine rings is 1. The van der Waals surface area contributed by atoms with E-state index in [1.165, 1.54) is 12.3 Å². The first kappa shape index (κ1) is 19.5. The third-order valence-electron chi connectivity index (χ3n) is 4.40. The number of nitrogens with one attached hydrogen (secondary N) is 1. The highest BCUT2D eigenvalue weighted by atomic mass is 19.1. The predicted molar refractivity (Wildman–Crippen MR) is 112 cm³/mol. The van der Waals surface area contributed by atoms with Crippen LogP contribution in [0.2, 0.25) is 0 Å². The zero-order valence-corrected chi connectivity index (χ0v) is 15.3. The van der Waals surface area contributed by atoms with Crippen molar-refractivity contribution in [1.29, 1.82) is 0 Å². The molecule has 6 N–H and O–H groups in total. The summed E-state index contributed by atoms with van der Waals surface area (Å²) >= 11 is 0. The van der Waals surface area contributed by atoms with Crippen LogP contribution in [0.3, 0.4) is 0 Å². The molecule has 1 aromatic heterocycles. The molecule has 0 bridgehead atoms. The molecule has 1 aliphatic carbocycles. The van der Waals surface area contributed by atoms with Crippen molar-refractivity contribution >= 4 is 29.5 Å². The zero-order valence-electron chi connectivity index (χ0n) is 15.3. The minimum Gasteiger partial charge on any atom is -0.404 e. The van der Waals surface area contributed by atoms with Gasteiger partial charge in [-0.2, -0.15) is 0 Å². The van der Waals surface area contributed by atoms with E-state index in [2.05, 4.69) is 20.3 Å². The number of hydrogen-bond acceptors (Lipinski definition) is 7. The molecule has 0 aromatic carbocycles. The number of rotatable bonds is 7. The largest absolute Gasteiger partial charge is 0.404 e. The van der Waals surface area contributed by atoms with Crippen LogP contribution >= 0.6 is 0 Å². The highest BCUT2D eigenvalue weighted by Gasteiger charge is 2.23. The Balaban J connectivity index is 1.74. The van der Waals surface area contributed by atoms with E-state index < -0.39 is 0 Å². The van der Waals surface area contributed by atoms with Crippen LogP contribution in [0.25, 0.3) is 5.57 Å². The molecule has 2 unspecified atom stereocenters. The van der Waals surface area contributed by atoms with Gasteiger partial charge in [0.1, 0.15) is 11.6 Å². The fourth-order valence-corrected chi connectivity index (χ4v) is 2.93. The van der Waals surface area contributed by atoms with Gasteiger partial charge in [0.2, 0.25) is 0 Å². The number of aliphatic hydroxyl groups is 1. The lowest BCUT2D eigenvalue weighted by Gasteiger charge is -2.24. The third-order valence-corrected chi connectivity index (χ3v) is 4.40. The van der Waals surface area contributed by atoms with Crippen LogP contribution in [0.5, 0.6) is 0 Å². The summed E-state index contributed by atoms with van der Waals surface area (Å²) in [5, 5.41) is 11.9. The number of allylic oxidation sites excluding steroid dienone is 2. The highest BCUT2D eigenvalue weighted by molar-refractivity contribution is 6.09. The van der Waals surface area contributed by atoms with Crippen molar-refractivity contribution in [3.05, 3.63) is 59.7 Å². The van der Waals surface area contributed by atoms with Crippen molar-refractivity contribution in [2.24, 2.45) is 21.6 Å². The van der Waals surface area contributed by atoms with Gasteiger partial charge in [0.15, 0.2) is 0 Å². The normalized spacial score (nSPS) is 21.4. The third kappa shape index (κ3) is 4.52. The van der Waals surface area contributed by atoms with E-state index in [4.69, 9.17) is 16.6 Å². The second kappa shape index (κ2) is 9.09. The summed E-state index contributed by atoms with van der Waals surface area (Å²) in [5.74, 6) is 0.183. The molecule has 0 radical (unpaired) electrons. The Kier molecular flexibility index (Phi) is 6.33. The molecule has 146 valence electrons. The molecule has 1 aliphatic heterocycles. The van der Waals surface area contributed by atoms with Crippen LogP contribution < -0.4 is 16.8 Å². The molecular weight excluding hydrogens is 359 g/mol. The first-order chi connectivity index (χ1) is 13.6. The van der Waals surface area contributed by atoms with Gasteiger partial charge in [-0.15, -0.1) is 0 Å². The maximum Gasteiger partial charge on any atom is 0.150 e. The molecular formula is C20H23FN6O. The molecule has 7 nitrogen and oxygen atoms in total. The number of halogens is 1. The zero-order chi connectivity index (χ0) is 19.9. The number of nitrogen functional groups attached to an aromatic ring is 1. The second-order valence-electron chi connectivity index (χ2n) is 6.33. The van der Waals surface area contributed by atoms with Crippen LogP contribution in [-0.2, 0) is 0 Å². The van der Waals surface area contributed by atoms with E-state index >= 15 is 0 Å². The number of aliphatic hydroxyl groups excluding tert-OH is 1. The van der Waals surface area contributed by atoms with Crippen molar-refractivity contribution in [1.82, 2.24) is 4.98 Å². The van der Waals surface area contributed by atoms with Crippen molar-refractivity contribution in [2.45, 2.75) is 6.04 Å². The lowest BCUT2D eigenvalue weighted by molar-refractivity contribution is 0.307. The van der Waals surface area contributed by atoms with Gasteiger partial charge in [-0.1, -0.05) is 12.2 Å². The van der Waals surface area contributed by atoms with Crippen molar-refractivity contribution in [3.8, 4) is 0 Å². The van der Waals surface area contributed by atoms with Gasteiger partial charge in [0.05, 0.1) is 30.6 Å². The smallest absolute Gasteiger partial charge is 0.150 e. The number of fused-ring (bicyclic) bond motifs is 1. The summed E-state index contributed by atoms with van der Waals surface area (Å²) < 4.78 is 14.4. The summed E-state index contributed by atoms with van der Waals surface area (Å²) in [6.45, 7) is 0.467. The Morgan fingerprint density at radius 1 is 1.36 bits per heavy atom. The Morgan fingerprint density at radius 2 is 2.21 bits per heavy atom. The summed E-state index contributed by atoms with van der Waals surface area (Å²) in [4.78, 5) is 12.8. The number of nitrogens with zero attached hydrogens (tertiary/aromatic N) is 3.